The molecule has 1 aliphatic carbocycles. The van der Waals surface area contributed by atoms with E-state index in [9.17, 15) is 9.18 Å². The van der Waals surface area contributed by atoms with Crippen LogP contribution in [0.25, 0.3) is 0 Å². The molecule has 2 fully saturated rings. The second-order valence-corrected chi connectivity index (χ2v) is 7.43. The Morgan fingerprint density at radius 2 is 2.00 bits per heavy atom. The summed E-state index contributed by atoms with van der Waals surface area (Å²) in [5.74, 6) is 1.44. The Hall–Kier alpha value is -1.42. The van der Waals surface area contributed by atoms with E-state index in [4.69, 9.17) is 0 Å². The number of benzene rings is 1. The van der Waals surface area contributed by atoms with Crippen LogP contribution in [-0.2, 0) is 4.79 Å². The van der Waals surface area contributed by atoms with Gasteiger partial charge in [-0.15, -0.1) is 0 Å². The first-order valence-corrected chi connectivity index (χ1v) is 8.82. The molecule has 3 rings (SSSR count). The molecule has 1 aromatic carbocycles. The zero-order valence-electron chi connectivity index (χ0n) is 14.1. The summed E-state index contributed by atoms with van der Waals surface area (Å²) < 4.78 is 13.2. The Balaban J connectivity index is 1.62. The molecule has 1 aromatic rings. The number of fused-ring (bicyclic) bond motifs is 2. The Morgan fingerprint density at radius 3 is 2.61 bits per heavy atom. The molecular formula is C19H27FN2O. The number of rotatable bonds is 4. The number of carbonyl (C=O) groups is 1. The van der Waals surface area contributed by atoms with Crippen molar-refractivity contribution >= 4 is 11.6 Å². The monoisotopic (exact) mass is 318 g/mol. The number of halogens is 1. The van der Waals surface area contributed by atoms with Gasteiger partial charge in [-0.05, 0) is 62.6 Å². The largest absolute Gasteiger partial charge is 0.326 e. The van der Waals surface area contributed by atoms with Gasteiger partial charge in [-0.3, -0.25) is 4.79 Å². The summed E-state index contributed by atoms with van der Waals surface area (Å²) in [5.41, 5.74) is 0.555. The highest BCUT2D eigenvalue weighted by Crippen LogP contribution is 2.42. The third kappa shape index (κ3) is 3.92. The molecule has 0 aromatic heterocycles. The van der Waals surface area contributed by atoms with Crippen molar-refractivity contribution < 1.29 is 9.18 Å². The minimum absolute atomic E-state index is 0.0236. The summed E-state index contributed by atoms with van der Waals surface area (Å²) in [5, 5.41) is 2.86. The summed E-state index contributed by atoms with van der Waals surface area (Å²) >= 11 is 0. The van der Waals surface area contributed by atoms with E-state index in [2.05, 4.69) is 24.1 Å². The van der Waals surface area contributed by atoms with Crippen LogP contribution in [0, 0.1) is 23.6 Å². The maximum absolute atomic E-state index is 13.2. The Morgan fingerprint density at radius 1 is 1.30 bits per heavy atom. The van der Waals surface area contributed by atoms with Gasteiger partial charge in [0.15, 0.2) is 0 Å². The van der Waals surface area contributed by atoms with E-state index in [0.717, 1.165) is 13.1 Å². The van der Waals surface area contributed by atoms with Gasteiger partial charge in [-0.2, -0.15) is 0 Å². The normalized spacial score (nSPS) is 27.9. The highest BCUT2D eigenvalue weighted by Gasteiger charge is 2.40. The molecule has 2 unspecified atom stereocenters. The first kappa shape index (κ1) is 16.4. The topological polar surface area (TPSA) is 32.3 Å². The molecule has 23 heavy (non-hydrogen) atoms. The zero-order valence-corrected chi connectivity index (χ0v) is 14.1. The fourth-order valence-electron chi connectivity index (χ4n) is 4.33. The molecule has 2 bridgehead atoms. The number of anilines is 1. The van der Waals surface area contributed by atoms with Crippen LogP contribution in [-0.4, -0.2) is 29.9 Å². The summed E-state index contributed by atoms with van der Waals surface area (Å²) in [6, 6.07) is 6.71. The summed E-state index contributed by atoms with van der Waals surface area (Å²) in [6.45, 7) is 6.75. The van der Waals surface area contributed by atoms with Crippen molar-refractivity contribution in [2.24, 2.45) is 17.8 Å². The van der Waals surface area contributed by atoms with E-state index in [-0.39, 0.29) is 11.7 Å². The second-order valence-electron chi connectivity index (χ2n) is 7.43. The molecule has 126 valence electrons. The van der Waals surface area contributed by atoms with E-state index < -0.39 is 0 Å². The lowest BCUT2D eigenvalue weighted by molar-refractivity contribution is -0.119. The molecular weight excluding hydrogens is 291 g/mol. The third-order valence-electron chi connectivity index (χ3n) is 5.56. The van der Waals surface area contributed by atoms with Crippen LogP contribution in [0.5, 0.6) is 0 Å². The number of nitrogens with one attached hydrogen (secondary N) is 1. The number of carbonyl (C=O) groups excluding carboxylic acids is 1. The smallest absolute Gasteiger partial charge is 0.224 e. The number of likely N-dealkylation sites (tertiary alicyclic amines) is 1. The lowest BCUT2D eigenvalue weighted by Gasteiger charge is -2.48. The molecule has 3 nitrogen and oxygen atoms in total. The number of nitrogens with zero attached hydrogens (tertiary/aromatic N) is 1. The quantitative estimate of drug-likeness (QED) is 0.913. The number of amides is 1. The average molecular weight is 318 g/mol. The number of hydrogen-bond acceptors (Lipinski definition) is 2. The van der Waals surface area contributed by atoms with E-state index in [1.165, 1.54) is 31.4 Å². The molecule has 2 atom stereocenters. The minimum Gasteiger partial charge on any atom is -0.326 e. The van der Waals surface area contributed by atoms with E-state index in [1.54, 1.807) is 12.1 Å². The van der Waals surface area contributed by atoms with Crippen molar-refractivity contribution in [3.63, 3.8) is 0 Å². The lowest BCUT2D eigenvalue weighted by atomic mass is 9.67. The SMILES string of the molecule is CC(C)N1CC2CCCC(C1)C2CC(=O)Nc1cccc(F)c1. The van der Waals surface area contributed by atoms with Crippen molar-refractivity contribution in [2.45, 2.75) is 45.6 Å². The Kier molecular flexibility index (Phi) is 5.00. The zero-order chi connectivity index (χ0) is 16.4. The fraction of sp³-hybridized carbons (Fsp3) is 0.632. The summed E-state index contributed by atoms with van der Waals surface area (Å²) in [6.07, 6.45) is 4.33. The van der Waals surface area contributed by atoms with Gasteiger partial charge in [0.05, 0.1) is 0 Å². The van der Waals surface area contributed by atoms with Crippen molar-refractivity contribution in [1.82, 2.24) is 4.90 Å². The van der Waals surface area contributed by atoms with Crippen molar-refractivity contribution in [2.75, 3.05) is 18.4 Å². The molecule has 1 N–H and O–H groups in total. The molecule has 2 aliphatic rings. The molecule has 0 radical (unpaired) electrons. The molecule has 1 amide bonds. The maximum atomic E-state index is 13.2. The van der Waals surface area contributed by atoms with Gasteiger partial charge in [0.25, 0.3) is 0 Å². The predicted octanol–water partition coefficient (Wildman–Crippen LogP) is 3.91. The van der Waals surface area contributed by atoms with Gasteiger partial charge in [0.1, 0.15) is 5.82 Å². The molecule has 1 aliphatic heterocycles. The molecule has 1 saturated carbocycles. The van der Waals surface area contributed by atoms with Crippen molar-refractivity contribution in [1.29, 1.82) is 0 Å². The number of hydrogen-bond donors (Lipinski definition) is 1. The average Bonchev–Trinajstić information content (AvgIpc) is 2.46. The standard InChI is InChI=1S/C19H27FN2O/c1-13(2)22-11-14-5-3-6-15(12-22)18(14)10-19(23)21-17-8-4-7-16(20)9-17/h4,7-9,13-15,18H,3,5-6,10-12H2,1-2H3,(H,21,23). The van der Waals surface area contributed by atoms with Crippen LogP contribution >= 0.6 is 0 Å². The van der Waals surface area contributed by atoms with Crippen molar-refractivity contribution in [3.05, 3.63) is 30.1 Å². The van der Waals surface area contributed by atoms with Crippen LogP contribution in [0.4, 0.5) is 10.1 Å². The first-order valence-electron chi connectivity index (χ1n) is 8.82. The van der Waals surface area contributed by atoms with E-state index >= 15 is 0 Å². The molecule has 1 heterocycles. The fourth-order valence-corrected chi connectivity index (χ4v) is 4.33. The van der Waals surface area contributed by atoms with Crippen LogP contribution < -0.4 is 5.32 Å². The van der Waals surface area contributed by atoms with Crippen molar-refractivity contribution in [3.8, 4) is 0 Å². The summed E-state index contributed by atoms with van der Waals surface area (Å²) in [4.78, 5) is 15.0. The number of piperidine rings is 1. The van der Waals surface area contributed by atoms with Gasteiger partial charge in [0.2, 0.25) is 5.91 Å². The highest BCUT2D eigenvalue weighted by molar-refractivity contribution is 5.90. The van der Waals surface area contributed by atoms with Gasteiger partial charge >= 0.3 is 0 Å². The van der Waals surface area contributed by atoms with Gasteiger partial charge < -0.3 is 10.2 Å². The highest BCUT2D eigenvalue weighted by atomic mass is 19.1. The predicted molar refractivity (Wildman–Crippen MR) is 90.7 cm³/mol. The van der Waals surface area contributed by atoms with Gasteiger partial charge in [-0.25, -0.2) is 4.39 Å². The van der Waals surface area contributed by atoms with E-state index in [0.29, 0.717) is 35.9 Å². The minimum atomic E-state index is -0.315. The summed E-state index contributed by atoms with van der Waals surface area (Å²) in [7, 11) is 0. The van der Waals surface area contributed by atoms with Crippen LogP contribution in [0.2, 0.25) is 0 Å². The molecule has 1 saturated heterocycles. The lowest BCUT2D eigenvalue weighted by Crippen LogP contribution is -2.51. The Bertz CT molecular complexity index is 546. The maximum Gasteiger partial charge on any atom is 0.224 e. The van der Waals surface area contributed by atoms with Crippen LogP contribution in [0.3, 0.4) is 0 Å². The second kappa shape index (κ2) is 7.00. The Labute approximate surface area is 138 Å². The van der Waals surface area contributed by atoms with Crippen LogP contribution in [0.15, 0.2) is 24.3 Å². The van der Waals surface area contributed by atoms with Gasteiger partial charge in [-0.1, -0.05) is 12.5 Å². The molecule has 0 spiro atoms. The first-order chi connectivity index (χ1) is 11.0. The molecule has 4 heteroatoms. The van der Waals surface area contributed by atoms with Crippen LogP contribution in [0.1, 0.15) is 39.5 Å². The third-order valence-corrected chi connectivity index (χ3v) is 5.56. The van der Waals surface area contributed by atoms with Gasteiger partial charge in [0, 0.05) is 31.2 Å². The van der Waals surface area contributed by atoms with E-state index in [1.807, 2.05) is 0 Å².